The summed E-state index contributed by atoms with van der Waals surface area (Å²) < 4.78 is 8.13. The van der Waals surface area contributed by atoms with E-state index in [-0.39, 0.29) is 17.9 Å². The van der Waals surface area contributed by atoms with Crippen molar-refractivity contribution in [2.45, 2.75) is 58.5 Å². The molecule has 1 aromatic heterocycles. The summed E-state index contributed by atoms with van der Waals surface area (Å²) in [6.07, 6.45) is 5.55. The van der Waals surface area contributed by atoms with Gasteiger partial charge < -0.3 is 14.6 Å². The highest BCUT2D eigenvalue weighted by Crippen LogP contribution is 2.26. The number of nitrogens with one attached hydrogen (secondary N) is 1. The van der Waals surface area contributed by atoms with Crippen molar-refractivity contribution in [3.05, 3.63) is 59.9 Å². The first kappa shape index (κ1) is 20.5. The number of aryl methyl sites for hydroxylation is 1. The molecule has 1 saturated carbocycles. The van der Waals surface area contributed by atoms with E-state index in [1.165, 1.54) is 12.0 Å². The van der Waals surface area contributed by atoms with Crippen molar-refractivity contribution in [1.82, 2.24) is 14.9 Å². The van der Waals surface area contributed by atoms with Gasteiger partial charge in [0.1, 0.15) is 18.2 Å². The van der Waals surface area contributed by atoms with E-state index in [9.17, 15) is 4.79 Å². The maximum atomic E-state index is 12.8. The quantitative estimate of drug-likeness (QED) is 0.589. The number of para-hydroxylation sites is 2. The summed E-state index contributed by atoms with van der Waals surface area (Å²) in [5, 5.41) is 3.22. The van der Waals surface area contributed by atoms with Crippen LogP contribution in [-0.4, -0.2) is 22.1 Å². The standard InChI is InChI=1S/C25H31N3O2/c1-18-12-14-21(15-13-18)30-17-16-28-23-11-7-6-10-22(23)27-24(28)19(2)26-25(29)20-8-4-3-5-9-20/h6-7,10-15,19-20H,3-5,8-9,16-17H2,1-2H3,(H,26,29). The van der Waals surface area contributed by atoms with Gasteiger partial charge in [-0.2, -0.15) is 0 Å². The number of amides is 1. The number of fused-ring (bicyclic) bond motifs is 1. The Morgan fingerprint density at radius 3 is 2.63 bits per heavy atom. The van der Waals surface area contributed by atoms with Gasteiger partial charge in [-0.15, -0.1) is 0 Å². The fraction of sp³-hybridized carbons (Fsp3) is 0.440. The van der Waals surface area contributed by atoms with Crippen molar-refractivity contribution in [2.75, 3.05) is 6.61 Å². The van der Waals surface area contributed by atoms with E-state index >= 15 is 0 Å². The van der Waals surface area contributed by atoms with Gasteiger partial charge in [0.2, 0.25) is 5.91 Å². The predicted octanol–water partition coefficient (Wildman–Crippen LogP) is 5.18. The minimum Gasteiger partial charge on any atom is -0.492 e. The normalized spacial score (nSPS) is 15.8. The minimum atomic E-state index is -0.147. The summed E-state index contributed by atoms with van der Waals surface area (Å²) in [5.74, 6) is 2.05. The lowest BCUT2D eigenvalue weighted by Gasteiger charge is -2.23. The number of hydrogen-bond donors (Lipinski definition) is 1. The lowest BCUT2D eigenvalue weighted by Crippen LogP contribution is -2.35. The highest BCUT2D eigenvalue weighted by Gasteiger charge is 2.24. The largest absolute Gasteiger partial charge is 0.492 e. The van der Waals surface area contributed by atoms with Gasteiger partial charge in [0.05, 0.1) is 23.6 Å². The van der Waals surface area contributed by atoms with Gasteiger partial charge in [-0.1, -0.05) is 49.1 Å². The van der Waals surface area contributed by atoms with E-state index in [0.717, 1.165) is 48.3 Å². The van der Waals surface area contributed by atoms with E-state index in [2.05, 4.69) is 35.0 Å². The van der Waals surface area contributed by atoms with Crippen molar-refractivity contribution in [2.24, 2.45) is 5.92 Å². The number of aromatic nitrogens is 2. The second-order valence-electron chi connectivity index (χ2n) is 8.34. The van der Waals surface area contributed by atoms with E-state index < -0.39 is 0 Å². The average Bonchev–Trinajstić information content (AvgIpc) is 3.14. The second-order valence-corrected chi connectivity index (χ2v) is 8.34. The second kappa shape index (κ2) is 9.33. The fourth-order valence-electron chi connectivity index (χ4n) is 4.31. The van der Waals surface area contributed by atoms with Gasteiger partial charge in [0, 0.05) is 5.92 Å². The van der Waals surface area contributed by atoms with Crippen molar-refractivity contribution >= 4 is 16.9 Å². The highest BCUT2D eigenvalue weighted by molar-refractivity contribution is 5.80. The van der Waals surface area contributed by atoms with E-state index in [1.807, 2.05) is 37.3 Å². The zero-order valence-corrected chi connectivity index (χ0v) is 17.9. The molecule has 3 aromatic rings. The van der Waals surface area contributed by atoms with Crippen molar-refractivity contribution in [3.63, 3.8) is 0 Å². The Kier molecular flexibility index (Phi) is 6.36. The molecule has 1 aliphatic rings. The lowest BCUT2D eigenvalue weighted by atomic mass is 9.88. The molecule has 1 N–H and O–H groups in total. The van der Waals surface area contributed by atoms with Crippen molar-refractivity contribution in [3.8, 4) is 5.75 Å². The summed E-state index contributed by atoms with van der Waals surface area (Å²) >= 11 is 0. The minimum absolute atomic E-state index is 0.142. The van der Waals surface area contributed by atoms with Crippen LogP contribution in [0.1, 0.15) is 56.5 Å². The number of carbonyl (C=O) groups excluding carboxylic acids is 1. The summed E-state index contributed by atoms with van der Waals surface area (Å²) in [6.45, 7) is 5.31. The number of rotatable bonds is 7. The maximum absolute atomic E-state index is 12.8. The molecule has 0 saturated heterocycles. The summed E-state index contributed by atoms with van der Waals surface area (Å²) in [6, 6.07) is 16.1. The third-order valence-electron chi connectivity index (χ3n) is 6.01. The molecule has 1 amide bonds. The molecule has 1 heterocycles. The number of hydrogen-bond acceptors (Lipinski definition) is 3. The van der Waals surface area contributed by atoms with Gasteiger partial charge >= 0.3 is 0 Å². The number of ether oxygens (including phenoxy) is 1. The monoisotopic (exact) mass is 405 g/mol. The van der Waals surface area contributed by atoms with Crippen LogP contribution in [0.2, 0.25) is 0 Å². The molecule has 1 unspecified atom stereocenters. The van der Waals surface area contributed by atoms with E-state index in [1.54, 1.807) is 0 Å². The molecule has 0 radical (unpaired) electrons. The molecular formula is C25H31N3O2. The van der Waals surface area contributed by atoms with Crippen LogP contribution in [0.25, 0.3) is 11.0 Å². The molecule has 30 heavy (non-hydrogen) atoms. The zero-order chi connectivity index (χ0) is 20.9. The molecule has 0 spiro atoms. The molecule has 158 valence electrons. The summed E-state index contributed by atoms with van der Waals surface area (Å²) in [4.78, 5) is 17.6. The van der Waals surface area contributed by atoms with Crippen molar-refractivity contribution < 1.29 is 9.53 Å². The Labute approximate surface area is 178 Å². The van der Waals surface area contributed by atoms with Gasteiger partial charge in [-0.25, -0.2) is 4.98 Å². The predicted molar refractivity (Wildman–Crippen MR) is 120 cm³/mol. The van der Waals surface area contributed by atoms with Crippen LogP contribution < -0.4 is 10.1 Å². The molecule has 4 rings (SSSR count). The first-order chi connectivity index (χ1) is 14.6. The fourth-order valence-corrected chi connectivity index (χ4v) is 4.31. The molecule has 1 atom stereocenters. The van der Waals surface area contributed by atoms with E-state index in [0.29, 0.717) is 13.2 Å². The van der Waals surface area contributed by atoms with Crippen LogP contribution in [0, 0.1) is 12.8 Å². The number of nitrogens with zero attached hydrogens (tertiary/aromatic N) is 2. The van der Waals surface area contributed by atoms with Gasteiger partial charge in [0.25, 0.3) is 0 Å². The Bertz CT molecular complexity index is 987. The molecule has 2 aromatic carbocycles. The number of benzene rings is 2. The Balaban J connectivity index is 1.49. The Hall–Kier alpha value is -2.82. The summed E-state index contributed by atoms with van der Waals surface area (Å²) in [7, 11) is 0. The third kappa shape index (κ3) is 4.66. The van der Waals surface area contributed by atoms with Crippen LogP contribution in [0.5, 0.6) is 5.75 Å². The first-order valence-electron chi connectivity index (χ1n) is 11.1. The maximum Gasteiger partial charge on any atom is 0.223 e. The lowest BCUT2D eigenvalue weighted by molar-refractivity contribution is -0.126. The van der Waals surface area contributed by atoms with Gasteiger partial charge in [-0.3, -0.25) is 4.79 Å². The molecular weight excluding hydrogens is 374 g/mol. The van der Waals surface area contributed by atoms with Crippen LogP contribution in [0.15, 0.2) is 48.5 Å². The third-order valence-corrected chi connectivity index (χ3v) is 6.01. The first-order valence-corrected chi connectivity index (χ1v) is 11.1. The van der Waals surface area contributed by atoms with Crippen LogP contribution in [0.4, 0.5) is 0 Å². The van der Waals surface area contributed by atoms with E-state index in [4.69, 9.17) is 9.72 Å². The topological polar surface area (TPSA) is 56.1 Å². The SMILES string of the molecule is Cc1ccc(OCCn2c(C(C)NC(=O)C3CCCCC3)nc3ccccc32)cc1. The molecule has 0 aliphatic heterocycles. The summed E-state index contributed by atoms with van der Waals surface area (Å²) in [5.41, 5.74) is 3.23. The van der Waals surface area contributed by atoms with Gasteiger partial charge in [-0.05, 0) is 51.0 Å². The number of carbonyl (C=O) groups is 1. The average molecular weight is 406 g/mol. The smallest absolute Gasteiger partial charge is 0.223 e. The Morgan fingerprint density at radius 2 is 1.87 bits per heavy atom. The zero-order valence-electron chi connectivity index (χ0n) is 17.9. The molecule has 1 fully saturated rings. The molecule has 1 aliphatic carbocycles. The van der Waals surface area contributed by atoms with Crippen LogP contribution in [0.3, 0.4) is 0 Å². The molecule has 5 nitrogen and oxygen atoms in total. The molecule has 0 bridgehead atoms. The highest BCUT2D eigenvalue weighted by atomic mass is 16.5. The van der Waals surface area contributed by atoms with Crippen LogP contribution in [-0.2, 0) is 11.3 Å². The van der Waals surface area contributed by atoms with Crippen LogP contribution >= 0.6 is 0 Å². The van der Waals surface area contributed by atoms with Crippen molar-refractivity contribution in [1.29, 1.82) is 0 Å². The Morgan fingerprint density at radius 1 is 1.13 bits per heavy atom. The number of imidazole rings is 1. The van der Waals surface area contributed by atoms with Gasteiger partial charge in [0.15, 0.2) is 0 Å². The molecule has 5 heteroatoms.